The molecular formula is C8H6N4O6. The second kappa shape index (κ2) is 4.61. The van der Waals surface area contributed by atoms with Gasteiger partial charge in [0.05, 0.1) is 0 Å². The quantitative estimate of drug-likeness (QED) is 0.687. The number of ether oxygens (including phenoxy) is 2. The summed E-state index contributed by atoms with van der Waals surface area (Å²) < 4.78 is 18.2. The minimum absolute atomic E-state index is 0.0756. The Morgan fingerprint density at radius 3 is 1.61 bits per heavy atom. The van der Waals surface area contributed by atoms with Gasteiger partial charge in [-0.1, -0.05) is 0 Å². The van der Waals surface area contributed by atoms with Crippen LogP contribution < -0.4 is 9.47 Å². The van der Waals surface area contributed by atoms with E-state index in [0.29, 0.717) is 0 Å². The summed E-state index contributed by atoms with van der Waals surface area (Å²) in [7, 11) is 0. The lowest BCUT2D eigenvalue weighted by Crippen LogP contribution is -2.01. The van der Waals surface area contributed by atoms with Gasteiger partial charge < -0.3 is 9.47 Å². The van der Waals surface area contributed by atoms with Crippen molar-refractivity contribution in [1.29, 1.82) is 0 Å². The fourth-order valence-corrected chi connectivity index (χ4v) is 0.930. The fourth-order valence-electron chi connectivity index (χ4n) is 0.930. The maximum Gasteiger partial charge on any atom is 0.425 e. The first kappa shape index (κ1) is 11.7. The molecule has 2 heterocycles. The highest BCUT2D eigenvalue weighted by Gasteiger charge is 2.18. The Balaban J connectivity index is 2.15. The largest absolute Gasteiger partial charge is 0.425 e. The SMILES string of the molecule is CC(=O)Oc1nc(-c2noc(OC(C)=O)n2)no1. The maximum atomic E-state index is 10.6. The number of aromatic nitrogens is 4. The Kier molecular flexibility index (Phi) is 3.00. The molecule has 2 rings (SSSR count). The summed E-state index contributed by atoms with van der Waals surface area (Å²) in [5.41, 5.74) is 0. The van der Waals surface area contributed by atoms with Crippen LogP contribution in [-0.4, -0.2) is 32.2 Å². The van der Waals surface area contributed by atoms with E-state index in [9.17, 15) is 9.59 Å². The highest BCUT2D eigenvalue weighted by atomic mass is 16.7. The Bertz CT molecular complexity index is 536. The Labute approximate surface area is 98.9 Å². The summed E-state index contributed by atoms with van der Waals surface area (Å²) in [6.45, 7) is 2.36. The van der Waals surface area contributed by atoms with Crippen molar-refractivity contribution in [2.24, 2.45) is 0 Å². The lowest BCUT2D eigenvalue weighted by Gasteiger charge is -1.88. The van der Waals surface area contributed by atoms with E-state index in [1.165, 1.54) is 13.8 Å². The molecule has 0 saturated heterocycles. The molecule has 0 atom stereocenters. The van der Waals surface area contributed by atoms with Gasteiger partial charge in [0.2, 0.25) is 11.6 Å². The summed E-state index contributed by atoms with van der Waals surface area (Å²) in [5.74, 6) is -1.38. The summed E-state index contributed by atoms with van der Waals surface area (Å²) in [6, 6.07) is 0. The first-order valence-electron chi connectivity index (χ1n) is 4.59. The maximum absolute atomic E-state index is 10.6. The van der Waals surface area contributed by atoms with E-state index in [2.05, 4.69) is 38.8 Å². The van der Waals surface area contributed by atoms with Crippen LogP contribution in [0.3, 0.4) is 0 Å². The summed E-state index contributed by atoms with van der Waals surface area (Å²) in [4.78, 5) is 28.6. The van der Waals surface area contributed by atoms with E-state index in [0.717, 1.165) is 0 Å². The van der Waals surface area contributed by atoms with E-state index >= 15 is 0 Å². The molecule has 0 fully saturated rings. The van der Waals surface area contributed by atoms with E-state index in [-0.39, 0.29) is 23.8 Å². The normalized spacial score (nSPS) is 10.1. The molecule has 2 aromatic rings. The van der Waals surface area contributed by atoms with Crippen LogP contribution in [0.4, 0.5) is 0 Å². The van der Waals surface area contributed by atoms with Gasteiger partial charge in [-0.3, -0.25) is 18.6 Å². The standard InChI is InChI=1S/C8H6N4O6/c1-3(13)15-7-9-5(11-17-7)6-10-8(18-12-6)16-4(2)14/h1-2H3. The van der Waals surface area contributed by atoms with Crippen molar-refractivity contribution in [2.45, 2.75) is 13.8 Å². The van der Waals surface area contributed by atoms with E-state index in [1.54, 1.807) is 0 Å². The molecule has 0 saturated carbocycles. The van der Waals surface area contributed by atoms with Crippen molar-refractivity contribution in [3.05, 3.63) is 0 Å². The van der Waals surface area contributed by atoms with Crippen molar-refractivity contribution in [1.82, 2.24) is 20.3 Å². The third-order valence-electron chi connectivity index (χ3n) is 1.48. The fraction of sp³-hybridized carbons (Fsp3) is 0.250. The average Bonchev–Trinajstić information content (AvgIpc) is 2.85. The smallest absolute Gasteiger partial charge is 0.376 e. The summed E-state index contributed by atoms with van der Waals surface area (Å²) in [5, 5.41) is 6.89. The van der Waals surface area contributed by atoms with Crippen LogP contribution >= 0.6 is 0 Å². The second-order valence-electron chi connectivity index (χ2n) is 2.96. The molecule has 0 radical (unpaired) electrons. The van der Waals surface area contributed by atoms with Gasteiger partial charge in [0.15, 0.2) is 0 Å². The highest BCUT2D eigenvalue weighted by Crippen LogP contribution is 2.18. The van der Waals surface area contributed by atoms with Crippen molar-refractivity contribution in [3.8, 4) is 23.8 Å². The molecule has 94 valence electrons. The van der Waals surface area contributed by atoms with Gasteiger partial charge in [-0.05, 0) is 10.3 Å². The zero-order chi connectivity index (χ0) is 13.1. The third kappa shape index (κ3) is 2.66. The van der Waals surface area contributed by atoms with E-state index in [1.807, 2.05) is 0 Å². The van der Waals surface area contributed by atoms with Crippen molar-refractivity contribution < 1.29 is 28.1 Å². The molecule has 0 N–H and O–H groups in total. The number of hydrogen-bond acceptors (Lipinski definition) is 10. The molecule has 0 aliphatic heterocycles. The van der Waals surface area contributed by atoms with Crippen molar-refractivity contribution >= 4 is 11.9 Å². The van der Waals surface area contributed by atoms with Crippen molar-refractivity contribution in [3.63, 3.8) is 0 Å². The number of rotatable bonds is 3. The topological polar surface area (TPSA) is 130 Å². The molecule has 10 nitrogen and oxygen atoms in total. The van der Waals surface area contributed by atoms with Gasteiger partial charge >= 0.3 is 24.1 Å². The van der Waals surface area contributed by atoms with Gasteiger partial charge in [-0.2, -0.15) is 0 Å². The number of hydrogen-bond donors (Lipinski definition) is 0. The molecule has 0 aliphatic rings. The predicted molar refractivity (Wildman–Crippen MR) is 50.2 cm³/mol. The van der Waals surface area contributed by atoms with Gasteiger partial charge in [-0.15, -0.1) is 9.97 Å². The predicted octanol–water partition coefficient (Wildman–Crippen LogP) is -0.0298. The average molecular weight is 254 g/mol. The first-order valence-corrected chi connectivity index (χ1v) is 4.59. The number of carbonyl (C=O) groups excluding carboxylic acids is 2. The molecule has 0 aromatic carbocycles. The molecule has 10 heteroatoms. The zero-order valence-corrected chi connectivity index (χ0v) is 9.24. The van der Waals surface area contributed by atoms with Gasteiger partial charge in [0, 0.05) is 13.8 Å². The monoisotopic (exact) mass is 254 g/mol. The van der Waals surface area contributed by atoms with Crippen LogP contribution in [0.5, 0.6) is 12.2 Å². The van der Waals surface area contributed by atoms with Crippen LogP contribution in [0.25, 0.3) is 11.6 Å². The lowest BCUT2D eigenvalue weighted by atomic mass is 10.6. The van der Waals surface area contributed by atoms with Crippen LogP contribution in [-0.2, 0) is 9.59 Å². The van der Waals surface area contributed by atoms with Crippen LogP contribution in [0.15, 0.2) is 9.05 Å². The lowest BCUT2D eigenvalue weighted by molar-refractivity contribution is -0.134. The highest BCUT2D eigenvalue weighted by molar-refractivity contribution is 5.68. The molecule has 2 aromatic heterocycles. The number of carbonyl (C=O) groups is 2. The van der Waals surface area contributed by atoms with E-state index < -0.39 is 11.9 Å². The minimum Gasteiger partial charge on any atom is -0.376 e. The molecule has 0 aliphatic carbocycles. The Morgan fingerprint density at radius 2 is 1.28 bits per heavy atom. The van der Waals surface area contributed by atoms with Crippen LogP contribution in [0.2, 0.25) is 0 Å². The first-order chi connectivity index (χ1) is 8.54. The number of esters is 2. The number of nitrogens with zero attached hydrogens (tertiary/aromatic N) is 4. The second-order valence-corrected chi connectivity index (χ2v) is 2.96. The summed E-state index contributed by atoms with van der Waals surface area (Å²) >= 11 is 0. The molecule has 0 spiro atoms. The third-order valence-corrected chi connectivity index (χ3v) is 1.48. The Hall–Kier alpha value is -2.78. The van der Waals surface area contributed by atoms with Crippen LogP contribution in [0, 0.1) is 0 Å². The Morgan fingerprint density at radius 1 is 0.889 bits per heavy atom. The molecule has 18 heavy (non-hydrogen) atoms. The molecule has 0 amide bonds. The minimum atomic E-state index is -0.612. The summed E-state index contributed by atoms with van der Waals surface area (Å²) in [6.07, 6.45) is -0.701. The van der Waals surface area contributed by atoms with Gasteiger partial charge in [0.25, 0.3) is 0 Å². The van der Waals surface area contributed by atoms with E-state index in [4.69, 9.17) is 0 Å². The van der Waals surface area contributed by atoms with Crippen molar-refractivity contribution in [2.75, 3.05) is 0 Å². The molecular weight excluding hydrogens is 248 g/mol. The van der Waals surface area contributed by atoms with Crippen LogP contribution in [0.1, 0.15) is 13.8 Å². The van der Waals surface area contributed by atoms with Gasteiger partial charge in [0.1, 0.15) is 0 Å². The zero-order valence-electron chi connectivity index (χ0n) is 9.24. The molecule has 0 bridgehead atoms. The van der Waals surface area contributed by atoms with Gasteiger partial charge in [-0.25, -0.2) is 0 Å². The molecule has 0 unspecified atom stereocenters.